The third-order valence-corrected chi connectivity index (χ3v) is 2.53. The molecule has 94 valence electrons. The highest BCUT2D eigenvalue weighted by Gasteiger charge is 2.12. The topological polar surface area (TPSA) is 96.7 Å². The summed E-state index contributed by atoms with van der Waals surface area (Å²) in [6.07, 6.45) is 2.77. The van der Waals surface area contributed by atoms with Gasteiger partial charge in [-0.1, -0.05) is 18.2 Å². The lowest BCUT2D eigenvalue weighted by atomic mass is 10.3. The van der Waals surface area contributed by atoms with E-state index in [-0.39, 0.29) is 5.69 Å². The van der Waals surface area contributed by atoms with Gasteiger partial charge in [0.1, 0.15) is 11.4 Å². The quantitative estimate of drug-likeness (QED) is 0.736. The van der Waals surface area contributed by atoms with Crippen molar-refractivity contribution in [1.82, 2.24) is 25.0 Å². The van der Waals surface area contributed by atoms with Crippen molar-refractivity contribution < 1.29 is 9.90 Å². The summed E-state index contributed by atoms with van der Waals surface area (Å²) in [5.74, 6) is -0.686. The molecule has 0 unspecified atom stereocenters. The maximum atomic E-state index is 10.8. The number of nitrogens with zero attached hydrogens (tertiary/aromatic N) is 4. The van der Waals surface area contributed by atoms with E-state index in [1.807, 2.05) is 30.3 Å². The normalized spacial score (nSPS) is 10.5. The maximum absolute atomic E-state index is 10.8. The SMILES string of the molecule is O=C(O)c1cnc(-c2cnn(-c3ccccc3)n2)[nH]1. The lowest BCUT2D eigenvalue weighted by molar-refractivity contribution is 0.0691. The Kier molecular flexibility index (Phi) is 2.57. The first kappa shape index (κ1) is 11.1. The zero-order valence-corrected chi connectivity index (χ0v) is 9.69. The molecule has 0 bridgehead atoms. The van der Waals surface area contributed by atoms with Crippen LogP contribution in [0, 0.1) is 0 Å². The number of carboxylic acid groups (broad SMARTS) is 1. The van der Waals surface area contributed by atoms with Gasteiger partial charge in [-0.25, -0.2) is 9.78 Å². The molecule has 0 amide bonds. The standard InChI is InChI=1S/C12H9N5O2/c18-12(19)10-6-13-11(15-10)9-7-14-17(16-9)8-4-2-1-3-5-8/h1-7H,(H,13,15)(H,18,19). The molecule has 0 radical (unpaired) electrons. The number of aromatic nitrogens is 5. The highest BCUT2D eigenvalue weighted by Crippen LogP contribution is 2.13. The number of rotatable bonds is 3. The van der Waals surface area contributed by atoms with Crippen LogP contribution in [0.2, 0.25) is 0 Å². The van der Waals surface area contributed by atoms with Crippen molar-refractivity contribution in [3.05, 3.63) is 48.4 Å². The molecule has 0 aliphatic carbocycles. The van der Waals surface area contributed by atoms with Gasteiger partial charge in [0.2, 0.25) is 0 Å². The summed E-state index contributed by atoms with van der Waals surface area (Å²) in [6.45, 7) is 0. The van der Waals surface area contributed by atoms with E-state index < -0.39 is 5.97 Å². The van der Waals surface area contributed by atoms with Crippen molar-refractivity contribution in [2.75, 3.05) is 0 Å². The number of hydrogen-bond acceptors (Lipinski definition) is 4. The molecule has 0 saturated carbocycles. The van der Waals surface area contributed by atoms with E-state index in [2.05, 4.69) is 20.2 Å². The number of H-pyrrole nitrogens is 1. The summed E-state index contributed by atoms with van der Waals surface area (Å²) in [4.78, 5) is 18.8. The molecule has 0 atom stereocenters. The second-order valence-electron chi connectivity index (χ2n) is 3.81. The van der Waals surface area contributed by atoms with E-state index in [0.717, 1.165) is 5.69 Å². The molecule has 0 aliphatic rings. The Morgan fingerprint density at radius 1 is 1.21 bits per heavy atom. The molecule has 2 aromatic heterocycles. The average Bonchev–Trinajstić information content (AvgIpc) is 3.09. The molecule has 0 aliphatic heterocycles. The van der Waals surface area contributed by atoms with Crippen LogP contribution >= 0.6 is 0 Å². The van der Waals surface area contributed by atoms with Crippen LogP contribution in [-0.4, -0.2) is 36.0 Å². The van der Waals surface area contributed by atoms with E-state index in [9.17, 15) is 4.79 Å². The molecule has 1 aromatic carbocycles. The van der Waals surface area contributed by atoms with Crippen LogP contribution in [0.1, 0.15) is 10.5 Å². The Morgan fingerprint density at radius 2 is 2.00 bits per heavy atom. The van der Waals surface area contributed by atoms with E-state index in [1.54, 1.807) is 0 Å². The van der Waals surface area contributed by atoms with Crippen molar-refractivity contribution in [1.29, 1.82) is 0 Å². The van der Waals surface area contributed by atoms with Crippen molar-refractivity contribution in [3.63, 3.8) is 0 Å². The number of carboxylic acids is 1. The lowest BCUT2D eigenvalue weighted by Gasteiger charge is -1.96. The van der Waals surface area contributed by atoms with Gasteiger partial charge in [-0.2, -0.15) is 9.90 Å². The zero-order valence-electron chi connectivity index (χ0n) is 9.69. The van der Waals surface area contributed by atoms with Crippen LogP contribution in [0.15, 0.2) is 42.7 Å². The van der Waals surface area contributed by atoms with Gasteiger partial charge < -0.3 is 10.1 Å². The first-order chi connectivity index (χ1) is 9.24. The molecule has 0 fully saturated rings. The average molecular weight is 255 g/mol. The predicted molar refractivity (Wildman–Crippen MR) is 65.9 cm³/mol. The second kappa shape index (κ2) is 4.37. The van der Waals surface area contributed by atoms with Crippen LogP contribution in [0.3, 0.4) is 0 Å². The highest BCUT2D eigenvalue weighted by atomic mass is 16.4. The largest absolute Gasteiger partial charge is 0.477 e. The summed E-state index contributed by atoms with van der Waals surface area (Å²) >= 11 is 0. The summed E-state index contributed by atoms with van der Waals surface area (Å²) in [5.41, 5.74) is 1.32. The van der Waals surface area contributed by atoms with Crippen LogP contribution in [-0.2, 0) is 0 Å². The molecule has 3 aromatic rings. The second-order valence-corrected chi connectivity index (χ2v) is 3.81. The van der Waals surface area contributed by atoms with E-state index >= 15 is 0 Å². The molecule has 3 rings (SSSR count). The zero-order chi connectivity index (χ0) is 13.2. The Labute approximate surface area is 107 Å². The van der Waals surface area contributed by atoms with Crippen molar-refractivity contribution in [2.45, 2.75) is 0 Å². The molecule has 7 nitrogen and oxygen atoms in total. The monoisotopic (exact) mass is 255 g/mol. The third-order valence-electron chi connectivity index (χ3n) is 2.53. The highest BCUT2D eigenvalue weighted by molar-refractivity contribution is 5.85. The molecule has 0 saturated heterocycles. The molecule has 7 heteroatoms. The lowest BCUT2D eigenvalue weighted by Crippen LogP contribution is -1.98. The Hall–Kier alpha value is -2.96. The van der Waals surface area contributed by atoms with Gasteiger partial charge in [-0.05, 0) is 12.1 Å². The number of carbonyl (C=O) groups is 1. The molecule has 2 N–H and O–H groups in total. The van der Waals surface area contributed by atoms with Gasteiger partial charge in [0.05, 0.1) is 18.1 Å². The minimum absolute atomic E-state index is 0.0178. The molecular weight excluding hydrogens is 246 g/mol. The van der Waals surface area contributed by atoms with Gasteiger partial charge in [0.15, 0.2) is 5.82 Å². The first-order valence-corrected chi connectivity index (χ1v) is 5.50. The summed E-state index contributed by atoms with van der Waals surface area (Å²) in [5, 5.41) is 17.2. The van der Waals surface area contributed by atoms with Crippen molar-refractivity contribution >= 4 is 5.97 Å². The van der Waals surface area contributed by atoms with E-state index in [1.165, 1.54) is 17.2 Å². The van der Waals surface area contributed by atoms with Gasteiger partial charge in [-0.15, -0.1) is 5.10 Å². The molecule has 19 heavy (non-hydrogen) atoms. The number of imidazole rings is 1. The smallest absolute Gasteiger partial charge is 0.353 e. The third kappa shape index (κ3) is 2.08. The number of aromatic carboxylic acids is 1. The fourth-order valence-corrected chi connectivity index (χ4v) is 1.62. The van der Waals surface area contributed by atoms with Crippen molar-refractivity contribution in [3.8, 4) is 17.2 Å². The first-order valence-electron chi connectivity index (χ1n) is 5.50. The van der Waals surface area contributed by atoms with Crippen molar-refractivity contribution in [2.24, 2.45) is 0 Å². The minimum atomic E-state index is -1.06. The fourth-order valence-electron chi connectivity index (χ4n) is 1.62. The molecule has 2 heterocycles. The van der Waals surface area contributed by atoms with Crippen LogP contribution in [0.4, 0.5) is 0 Å². The van der Waals surface area contributed by atoms with E-state index in [4.69, 9.17) is 5.11 Å². The fraction of sp³-hybridized carbons (Fsp3) is 0. The molecule has 0 spiro atoms. The Morgan fingerprint density at radius 3 is 2.68 bits per heavy atom. The van der Waals surface area contributed by atoms with Crippen LogP contribution < -0.4 is 0 Å². The summed E-state index contributed by atoms with van der Waals surface area (Å²) < 4.78 is 0. The Bertz CT molecular complexity index is 717. The van der Waals surface area contributed by atoms with E-state index in [0.29, 0.717) is 11.5 Å². The molecular formula is C12H9N5O2. The van der Waals surface area contributed by atoms with Crippen LogP contribution in [0.25, 0.3) is 17.2 Å². The number of aromatic amines is 1. The number of nitrogens with one attached hydrogen (secondary N) is 1. The summed E-state index contributed by atoms with van der Waals surface area (Å²) in [6, 6.07) is 9.41. The van der Waals surface area contributed by atoms with Gasteiger partial charge in [0.25, 0.3) is 0 Å². The van der Waals surface area contributed by atoms with Crippen LogP contribution in [0.5, 0.6) is 0 Å². The Balaban J connectivity index is 1.94. The number of benzene rings is 1. The minimum Gasteiger partial charge on any atom is -0.477 e. The van der Waals surface area contributed by atoms with Gasteiger partial charge in [0, 0.05) is 0 Å². The number of para-hydroxylation sites is 1. The predicted octanol–water partition coefficient (Wildman–Crippen LogP) is 1.36. The summed E-state index contributed by atoms with van der Waals surface area (Å²) in [7, 11) is 0. The van der Waals surface area contributed by atoms with Gasteiger partial charge in [-0.3, -0.25) is 0 Å². The number of hydrogen-bond donors (Lipinski definition) is 2. The van der Waals surface area contributed by atoms with Gasteiger partial charge >= 0.3 is 5.97 Å². The maximum Gasteiger partial charge on any atom is 0.353 e.